The van der Waals surface area contributed by atoms with Crippen molar-refractivity contribution in [3.05, 3.63) is 52.3 Å². The van der Waals surface area contributed by atoms with Crippen LogP contribution in [0.2, 0.25) is 0 Å². The van der Waals surface area contributed by atoms with Gasteiger partial charge in [0.25, 0.3) is 0 Å². The Kier molecular flexibility index (Phi) is 5.95. The van der Waals surface area contributed by atoms with Gasteiger partial charge in [-0.15, -0.1) is 0 Å². The zero-order valence-electron chi connectivity index (χ0n) is 14.9. The second kappa shape index (κ2) is 8.40. The number of halogens is 2. The van der Waals surface area contributed by atoms with Crippen molar-refractivity contribution in [3.63, 3.8) is 0 Å². The van der Waals surface area contributed by atoms with Gasteiger partial charge in [-0.1, -0.05) is 12.1 Å². The average Bonchev–Trinajstić information content (AvgIpc) is 3.06. The van der Waals surface area contributed by atoms with Gasteiger partial charge in [-0.3, -0.25) is 9.59 Å². The Hall–Kier alpha value is -2.92. The predicted octanol–water partition coefficient (Wildman–Crippen LogP) is 3.82. The molecule has 0 aromatic heterocycles. The molecule has 3 rings (SSSR count). The summed E-state index contributed by atoms with van der Waals surface area (Å²) in [5, 5.41) is 9.08. The number of carbonyl (C=O) groups excluding carboxylic acids is 2. The monoisotopic (exact) mass is 446 g/mol. The van der Waals surface area contributed by atoms with Crippen LogP contribution in [-0.4, -0.2) is 25.0 Å². The molecule has 1 aliphatic rings. The number of nitriles is 1. The highest BCUT2D eigenvalue weighted by Gasteiger charge is 2.37. The van der Waals surface area contributed by atoms with Gasteiger partial charge in [0.2, 0.25) is 5.91 Å². The summed E-state index contributed by atoms with van der Waals surface area (Å²) in [6, 6.07) is 10.9. The Morgan fingerprint density at radius 3 is 2.82 bits per heavy atom. The van der Waals surface area contributed by atoms with Crippen LogP contribution in [0.15, 0.2) is 40.9 Å². The van der Waals surface area contributed by atoms with Gasteiger partial charge in [0.15, 0.2) is 11.5 Å². The van der Waals surface area contributed by atoms with Gasteiger partial charge in [0.05, 0.1) is 34.3 Å². The van der Waals surface area contributed by atoms with Gasteiger partial charge < -0.3 is 14.4 Å². The average molecular weight is 447 g/mol. The van der Waals surface area contributed by atoms with E-state index in [4.69, 9.17) is 14.7 Å². The number of amides is 1. The van der Waals surface area contributed by atoms with Crippen molar-refractivity contribution in [2.75, 3.05) is 18.1 Å². The van der Waals surface area contributed by atoms with E-state index in [0.717, 1.165) is 0 Å². The van der Waals surface area contributed by atoms with Crippen molar-refractivity contribution >= 4 is 33.5 Å². The molecule has 1 amide bonds. The van der Waals surface area contributed by atoms with Crippen LogP contribution in [-0.2, 0) is 9.59 Å². The molecule has 0 radical (unpaired) electrons. The smallest absolute Gasteiger partial charge is 0.316 e. The lowest BCUT2D eigenvalue weighted by Crippen LogP contribution is -2.28. The summed E-state index contributed by atoms with van der Waals surface area (Å²) in [5.41, 5.74) is 0.481. The summed E-state index contributed by atoms with van der Waals surface area (Å²) in [5.74, 6) is -1.86. The van der Waals surface area contributed by atoms with Gasteiger partial charge in [0, 0.05) is 19.0 Å². The molecule has 2 aromatic rings. The highest BCUT2D eigenvalue weighted by Crippen LogP contribution is 2.38. The van der Waals surface area contributed by atoms with Crippen molar-refractivity contribution in [2.45, 2.75) is 13.3 Å². The van der Waals surface area contributed by atoms with Crippen molar-refractivity contribution in [1.29, 1.82) is 5.26 Å². The molecule has 8 heteroatoms. The number of ether oxygens (including phenoxy) is 2. The maximum Gasteiger partial charge on any atom is 0.316 e. The van der Waals surface area contributed by atoms with Crippen molar-refractivity contribution in [2.24, 2.45) is 5.92 Å². The maximum atomic E-state index is 14.0. The van der Waals surface area contributed by atoms with E-state index in [-0.39, 0.29) is 36.1 Å². The molecule has 28 heavy (non-hydrogen) atoms. The van der Waals surface area contributed by atoms with Gasteiger partial charge in [-0.25, -0.2) is 4.39 Å². The van der Waals surface area contributed by atoms with E-state index in [2.05, 4.69) is 15.9 Å². The third kappa shape index (κ3) is 3.99. The molecular weight excluding hydrogens is 431 g/mol. The number of carbonyl (C=O) groups is 2. The number of nitrogens with zero attached hydrogens (tertiary/aromatic N) is 2. The fourth-order valence-corrected chi connectivity index (χ4v) is 3.47. The molecular formula is C20H16BrFN2O4. The fourth-order valence-electron chi connectivity index (χ4n) is 2.95. The van der Waals surface area contributed by atoms with Crippen LogP contribution < -0.4 is 14.4 Å². The van der Waals surface area contributed by atoms with Crippen LogP contribution in [0, 0.1) is 23.1 Å². The SMILES string of the molecule is CCOc1cc(C#N)cc(Br)c1OC(=O)C1CC(=O)N(c2ccccc2F)C1. The molecule has 0 bridgehead atoms. The third-order valence-electron chi connectivity index (χ3n) is 4.24. The first-order valence-electron chi connectivity index (χ1n) is 8.57. The summed E-state index contributed by atoms with van der Waals surface area (Å²) in [6.07, 6.45) is -0.0783. The quantitative estimate of drug-likeness (QED) is 0.515. The Labute approximate surface area is 169 Å². The summed E-state index contributed by atoms with van der Waals surface area (Å²) >= 11 is 3.28. The predicted molar refractivity (Wildman–Crippen MR) is 103 cm³/mol. The summed E-state index contributed by atoms with van der Waals surface area (Å²) in [6.45, 7) is 2.10. The molecule has 2 aromatic carbocycles. The molecule has 6 nitrogen and oxygen atoms in total. The Balaban J connectivity index is 1.80. The lowest BCUT2D eigenvalue weighted by molar-refractivity contribution is -0.139. The van der Waals surface area contributed by atoms with Crippen LogP contribution in [0.3, 0.4) is 0 Å². The van der Waals surface area contributed by atoms with E-state index in [1.165, 1.54) is 35.2 Å². The van der Waals surface area contributed by atoms with E-state index in [1.54, 1.807) is 13.0 Å². The minimum Gasteiger partial charge on any atom is -0.490 e. The van der Waals surface area contributed by atoms with Gasteiger partial charge in [0.1, 0.15) is 5.82 Å². The summed E-state index contributed by atoms with van der Waals surface area (Å²) in [4.78, 5) is 26.2. The van der Waals surface area contributed by atoms with E-state index in [9.17, 15) is 14.0 Å². The zero-order valence-corrected chi connectivity index (χ0v) is 16.5. The topological polar surface area (TPSA) is 79.6 Å². The van der Waals surface area contributed by atoms with Crippen LogP contribution in [0.4, 0.5) is 10.1 Å². The van der Waals surface area contributed by atoms with Crippen molar-refractivity contribution in [3.8, 4) is 17.6 Å². The van der Waals surface area contributed by atoms with Crippen molar-refractivity contribution in [1.82, 2.24) is 0 Å². The number of hydrogen-bond donors (Lipinski definition) is 0. The van der Waals surface area contributed by atoms with E-state index in [0.29, 0.717) is 16.6 Å². The molecule has 0 saturated carbocycles. The molecule has 0 N–H and O–H groups in total. The first-order valence-corrected chi connectivity index (χ1v) is 9.37. The Morgan fingerprint density at radius 2 is 2.14 bits per heavy atom. The fraction of sp³-hybridized carbons (Fsp3) is 0.250. The molecule has 0 aliphatic carbocycles. The largest absolute Gasteiger partial charge is 0.490 e. The third-order valence-corrected chi connectivity index (χ3v) is 4.83. The maximum absolute atomic E-state index is 14.0. The molecule has 1 unspecified atom stereocenters. The van der Waals surface area contributed by atoms with Crippen LogP contribution in [0.5, 0.6) is 11.5 Å². The molecule has 144 valence electrons. The number of para-hydroxylation sites is 1. The molecule has 1 fully saturated rings. The minimum absolute atomic E-state index is 0.0243. The van der Waals surface area contributed by atoms with Crippen molar-refractivity contribution < 1.29 is 23.5 Å². The molecule has 1 heterocycles. The minimum atomic E-state index is -0.746. The zero-order chi connectivity index (χ0) is 20.3. The Morgan fingerprint density at radius 1 is 1.39 bits per heavy atom. The normalized spacial score (nSPS) is 16.0. The highest BCUT2D eigenvalue weighted by molar-refractivity contribution is 9.10. The lowest BCUT2D eigenvalue weighted by Gasteiger charge is -2.17. The lowest BCUT2D eigenvalue weighted by atomic mass is 10.1. The first-order chi connectivity index (χ1) is 13.4. The Bertz CT molecular complexity index is 973. The number of esters is 1. The van der Waals surface area contributed by atoms with Crippen LogP contribution in [0.1, 0.15) is 18.9 Å². The second-order valence-corrected chi connectivity index (χ2v) is 6.96. The molecule has 0 spiro atoms. The highest BCUT2D eigenvalue weighted by atomic mass is 79.9. The summed E-state index contributed by atoms with van der Waals surface area (Å²) < 4.78 is 25.3. The standard InChI is InChI=1S/C20H16BrFN2O4/c1-2-27-17-8-12(10-23)7-14(21)19(17)28-20(26)13-9-18(25)24(11-13)16-6-4-3-5-15(16)22/h3-8,13H,2,9,11H2,1H3. The van der Waals surface area contributed by atoms with Gasteiger partial charge in [-0.2, -0.15) is 5.26 Å². The van der Waals surface area contributed by atoms with Gasteiger partial charge in [-0.05, 0) is 41.1 Å². The van der Waals surface area contributed by atoms with Crippen LogP contribution in [0.25, 0.3) is 0 Å². The summed E-state index contributed by atoms with van der Waals surface area (Å²) in [7, 11) is 0. The second-order valence-electron chi connectivity index (χ2n) is 6.11. The van der Waals surface area contributed by atoms with E-state index >= 15 is 0 Å². The first kappa shape index (κ1) is 19.8. The van der Waals surface area contributed by atoms with Crippen LogP contribution >= 0.6 is 15.9 Å². The van der Waals surface area contributed by atoms with E-state index < -0.39 is 17.7 Å². The molecule has 1 saturated heterocycles. The number of hydrogen-bond acceptors (Lipinski definition) is 5. The molecule has 1 aliphatic heterocycles. The molecule has 1 atom stereocenters. The number of rotatable bonds is 5. The van der Waals surface area contributed by atoms with Gasteiger partial charge >= 0.3 is 5.97 Å². The van der Waals surface area contributed by atoms with E-state index in [1.807, 2.05) is 6.07 Å². The number of anilines is 1. The number of benzene rings is 2.